The van der Waals surface area contributed by atoms with Crippen molar-refractivity contribution in [3.63, 3.8) is 0 Å². The summed E-state index contributed by atoms with van der Waals surface area (Å²) in [6.45, 7) is 1.68. The molecule has 0 aliphatic carbocycles. The lowest BCUT2D eigenvalue weighted by Crippen LogP contribution is -2.34. The molecule has 0 saturated carbocycles. The first kappa shape index (κ1) is 16.7. The van der Waals surface area contributed by atoms with Crippen LogP contribution < -0.4 is 0 Å². The number of methoxy groups -OCH3 is 1. The minimum Gasteiger partial charge on any atom is -0.469 e. The summed E-state index contributed by atoms with van der Waals surface area (Å²) in [6.07, 6.45) is 2.95. The zero-order chi connectivity index (χ0) is 15.8. The van der Waals surface area contributed by atoms with Crippen LogP contribution in [0.15, 0.2) is 18.5 Å². The van der Waals surface area contributed by atoms with Crippen molar-refractivity contribution in [3.05, 3.63) is 29.6 Å². The highest BCUT2D eigenvalue weighted by Crippen LogP contribution is 2.08. The number of rotatable bonds is 4. The highest BCUT2D eigenvalue weighted by Gasteiger charge is 2.19. The van der Waals surface area contributed by atoms with Gasteiger partial charge in [0, 0.05) is 31.5 Å². The summed E-state index contributed by atoms with van der Waals surface area (Å²) in [7, 11) is 2.92. The van der Waals surface area contributed by atoms with E-state index in [0.717, 1.165) is 0 Å². The van der Waals surface area contributed by atoms with E-state index in [1.807, 2.05) is 0 Å². The Hall–Kier alpha value is -2.39. The number of carbonyl (C=O) groups excluding carboxylic acids is 2. The molecule has 6 heteroatoms. The lowest BCUT2D eigenvalue weighted by molar-refractivity contribution is -0.145. The van der Waals surface area contributed by atoms with Crippen molar-refractivity contribution < 1.29 is 19.4 Å². The first-order valence-electron chi connectivity index (χ1n) is 6.37. The number of hydrogen-bond donors (Lipinski definition) is 1. The number of aromatic nitrogens is 1. The van der Waals surface area contributed by atoms with Gasteiger partial charge in [-0.25, -0.2) is 0 Å². The van der Waals surface area contributed by atoms with Crippen LogP contribution in [0.1, 0.15) is 22.8 Å². The van der Waals surface area contributed by atoms with Crippen molar-refractivity contribution in [3.8, 4) is 11.8 Å². The molecular formula is C15H18N2O4. The minimum absolute atomic E-state index is 0.248. The van der Waals surface area contributed by atoms with Crippen molar-refractivity contribution in [2.45, 2.75) is 6.92 Å². The summed E-state index contributed by atoms with van der Waals surface area (Å²) >= 11 is 0. The van der Waals surface area contributed by atoms with Gasteiger partial charge in [0.2, 0.25) is 0 Å². The third-order valence-electron chi connectivity index (χ3n) is 2.79. The van der Waals surface area contributed by atoms with Gasteiger partial charge in [0.15, 0.2) is 0 Å². The van der Waals surface area contributed by atoms with Gasteiger partial charge in [-0.1, -0.05) is 18.8 Å². The van der Waals surface area contributed by atoms with Crippen LogP contribution in [0.3, 0.4) is 0 Å². The van der Waals surface area contributed by atoms with E-state index in [1.165, 1.54) is 24.4 Å². The molecule has 0 fully saturated rings. The summed E-state index contributed by atoms with van der Waals surface area (Å²) in [5.74, 6) is 4.15. The van der Waals surface area contributed by atoms with Gasteiger partial charge in [0.25, 0.3) is 5.91 Å². The van der Waals surface area contributed by atoms with E-state index in [1.54, 1.807) is 20.0 Å². The average Bonchev–Trinajstić information content (AvgIpc) is 2.51. The second-order valence-electron chi connectivity index (χ2n) is 4.53. The van der Waals surface area contributed by atoms with Crippen molar-refractivity contribution in [1.29, 1.82) is 0 Å². The van der Waals surface area contributed by atoms with Crippen LogP contribution in [0.2, 0.25) is 0 Å². The van der Waals surface area contributed by atoms with Gasteiger partial charge in [0.05, 0.1) is 18.6 Å². The summed E-state index contributed by atoms with van der Waals surface area (Å²) in [6, 6.07) is 1.59. The summed E-state index contributed by atoms with van der Waals surface area (Å²) in [4.78, 5) is 29.0. The van der Waals surface area contributed by atoms with Crippen molar-refractivity contribution in [2.75, 3.05) is 27.3 Å². The van der Waals surface area contributed by atoms with E-state index in [2.05, 4.69) is 21.6 Å². The maximum atomic E-state index is 12.3. The molecule has 1 heterocycles. The molecule has 1 amide bonds. The molecule has 1 N–H and O–H groups in total. The zero-order valence-corrected chi connectivity index (χ0v) is 12.3. The SMILES string of the molecule is COC(=O)C(C)CN(C)C(=O)c1cncc(C#CCO)c1. The molecule has 21 heavy (non-hydrogen) atoms. The van der Waals surface area contributed by atoms with Crippen LogP contribution in [0, 0.1) is 17.8 Å². The van der Waals surface area contributed by atoms with Crippen molar-refractivity contribution in [2.24, 2.45) is 5.92 Å². The van der Waals surface area contributed by atoms with Crippen LogP contribution in [0.4, 0.5) is 0 Å². The number of amides is 1. The van der Waals surface area contributed by atoms with Crippen LogP contribution >= 0.6 is 0 Å². The van der Waals surface area contributed by atoms with E-state index >= 15 is 0 Å². The normalized spacial score (nSPS) is 11.0. The Balaban J connectivity index is 2.80. The maximum absolute atomic E-state index is 12.3. The van der Waals surface area contributed by atoms with Crippen molar-refractivity contribution >= 4 is 11.9 Å². The lowest BCUT2D eigenvalue weighted by Gasteiger charge is -2.20. The Bertz CT molecular complexity index is 575. The molecule has 0 saturated heterocycles. The fraction of sp³-hybridized carbons (Fsp3) is 0.400. The Morgan fingerprint density at radius 3 is 2.81 bits per heavy atom. The number of ether oxygens (including phenoxy) is 1. The second-order valence-corrected chi connectivity index (χ2v) is 4.53. The molecule has 0 aromatic carbocycles. The minimum atomic E-state index is -0.408. The highest BCUT2D eigenvalue weighted by molar-refractivity contribution is 5.94. The Morgan fingerprint density at radius 2 is 2.19 bits per heavy atom. The zero-order valence-electron chi connectivity index (χ0n) is 12.3. The van der Waals surface area contributed by atoms with Gasteiger partial charge in [-0.15, -0.1) is 0 Å². The number of nitrogens with zero attached hydrogens (tertiary/aromatic N) is 2. The van der Waals surface area contributed by atoms with Gasteiger partial charge < -0.3 is 14.7 Å². The van der Waals surface area contributed by atoms with Crippen LogP contribution in [0.5, 0.6) is 0 Å². The average molecular weight is 290 g/mol. The number of aliphatic hydroxyl groups excluding tert-OH is 1. The van der Waals surface area contributed by atoms with Crippen LogP contribution in [0.25, 0.3) is 0 Å². The molecule has 1 unspecified atom stereocenters. The summed E-state index contributed by atoms with van der Waals surface area (Å²) in [5, 5.41) is 8.66. The lowest BCUT2D eigenvalue weighted by atomic mass is 10.1. The third kappa shape index (κ3) is 4.89. The molecule has 1 aromatic heterocycles. The molecule has 1 aromatic rings. The van der Waals surface area contributed by atoms with Gasteiger partial charge in [-0.05, 0) is 6.07 Å². The Kier molecular flexibility index (Phi) is 6.37. The molecule has 1 rings (SSSR count). The second kappa shape index (κ2) is 8.02. The maximum Gasteiger partial charge on any atom is 0.310 e. The first-order valence-corrected chi connectivity index (χ1v) is 6.37. The molecule has 0 aliphatic heterocycles. The Morgan fingerprint density at radius 1 is 1.48 bits per heavy atom. The van der Waals surface area contributed by atoms with Crippen molar-refractivity contribution in [1.82, 2.24) is 9.88 Å². The molecule has 0 aliphatic rings. The molecule has 0 spiro atoms. The Labute approximate surface area is 123 Å². The van der Waals surface area contributed by atoms with Crippen LogP contribution in [-0.4, -0.2) is 54.2 Å². The molecule has 1 atom stereocenters. The van der Waals surface area contributed by atoms with E-state index in [0.29, 0.717) is 11.1 Å². The van der Waals surface area contributed by atoms with E-state index in [9.17, 15) is 9.59 Å². The number of aliphatic hydroxyl groups is 1. The number of pyridine rings is 1. The number of hydrogen-bond acceptors (Lipinski definition) is 5. The van der Waals surface area contributed by atoms with Gasteiger partial charge >= 0.3 is 5.97 Å². The quantitative estimate of drug-likeness (QED) is 0.637. The smallest absolute Gasteiger partial charge is 0.310 e. The largest absolute Gasteiger partial charge is 0.469 e. The topological polar surface area (TPSA) is 79.7 Å². The predicted octanol–water partition coefficient (Wildman–Crippen LogP) is 0.306. The molecule has 0 bridgehead atoms. The molecule has 6 nitrogen and oxygen atoms in total. The third-order valence-corrected chi connectivity index (χ3v) is 2.79. The number of esters is 1. The molecule has 112 valence electrons. The van der Waals surface area contributed by atoms with E-state index in [4.69, 9.17) is 5.11 Å². The van der Waals surface area contributed by atoms with Crippen LogP contribution in [-0.2, 0) is 9.53 Å². The van der Waals surface area contributed by atoms with Gasteiger partial charge in [-0.3, -0.25) is 14.6 Å². The number of carbonyl (C=O) groups is 2. The summed E-state index contributed by atoms with van der Waals surface area (Å²) in [5.41, 5.74) is 0.920. The predicted molar refractivity (Wildman–Crippen MR) is 76.3 cm³/mol. The monoisotopic (exact) mass is 290 g/mol. The molecule has 0 radical (unpaired) electrons. The van der Waals surface area contributed by atoms with Gasteiger partial charge in [-0.2, -0.15) is 0 Å². The van der Waals surface area contributed by atoms with E-state index < -0.39 is 5.92 Å². The fourth-order valence-electron chi connectivity index (χ4n) is 1.76. The van der Waals surface area contributed by atoms with E-state index in [-0.39, 0.29) is 25.0 Å². The van der Waals surface area contributed by atoms with Gasteiger partial charge in [0.1, 0.15) is 6.61 Å². The highest BCUT2D eigenvalue weighted by atomic mass is 16.5. The summed E-state index contributed by atoms with van der Waals surface area (Å²) < 4.78 is 4.63. The fourth-order valence-corrected chi connectivity index (χ4v) is 1.76. The first-order chi connectivity index (χ1) is 9.99. The molecular weight excluding hydrogens is 272 g/mol. The standard InChI is InChI=1S/C15H18N2O4/c1-11(15(20)21-3)10-17(2)14(19)13-7-12(5-4-6-18)8-16-9-13/h7-9,11,18H,6,10H2,1-3H3.